The van der Waals surface area contributed by atoms with Crippen molar-refractivity contribution < 1.29 is 18.3 Å². The van der Waals surface area contributed by atoms with Crippen LogP contribution in [0.1, 0.15) is 6.92 Å². The van der Waals surface area contributed by atoms with Crippen molar-refractivity contribution in [1.82, 2.24) is 0 Å². The minimum Gasteiger partial charge on any atom is -0.481 e. The minimum absolute atomic E-state index is 0.0761. The van der Waals surface area contributed by atoms with Crippen molar-refractivity contribution >= 4 is 21.7 Å². The average Bonchev–Trinajstić information content (AvgIpc) is 2.26. The van der Waals surface area contributed by atoms with Gasteiger partial charge in [-0.15, -0.1) is 0 Å². The number of rotatable bonds is 4. The number of carbonyl (C=O) groups is 1. The molecule has 7 heteroatoms. The standard InChI is InChI=1S/C12H16N2O4S/c1-8(12(15)16)9-6-14(7-9)10-2-4-11(5-3-10)19(13,17)18/h2-5,8-9H,6-7H2,1H3,(H,15,16)(H2,13,17,18). The Balaban J connectivity index is 2.01. The van der Waals surface area contributed by atoms with Crippen molar-refractivity contribution in [1.29, 1.82) is 0 Å². The van der Waals surface area contributed by atoms with Gasteiger partial charge in [0.2, 0.25) is 10.0 Å². The van der Waals surface area contributed by atoms with Gasteiger partial charge in [0.05, 0.1) is 10.8 Å². The molecule has 0 aromatic heterocycles. The van der Waals surface area contributed by atoms with Crippen LogP contribution in [0.3, 0.4) is 0 Å². The molecule has 0 radical (unpaired) electrons. The Morgan fingerprint density at radius 1 is 1.37 bits per heavy atom. The van der Waals surface area contributed by atoms with Crippen LogP contribution in [-0.2, 0) is 14.8 Å². The number of hydrogen-bond acceptors (Lipinski definition) is 4. The second-order valence-corrected chi connectivity index (χ2v) is 6.39. The number of carboxylic acid groups (broad SMARTS) is 1. The molecule has 1 saturated heterocycles. The molecule has 1 unspecified atom stereocenters. The van der Waals surface area contributed by atoms with E-state index in [1.54, 1.807) is 19.1 Å². The maximum Gasteiger partial charge on any atom is 0.306 e. The van der Waals surface area contributed by atoms with E-state index in [4.69, 9.17) is 10.2 Å². The molecular formula is C12H16N2O4S. The minimum atomic E-state index is -3.67. The van der Waals surface area contributed by atoms with E-state index >= 15 is 0 Å². The first-order chi connectivity index (χ1) is 8.79. The first-order valence-electron chi connectivity index (χ1n) is 5.89. The van der Waals surface area contributed by atoms with E-state index in [0.717, 1.165) is 5.69 Å². The Hall–Kier alpha value is -1.60. The lowest BCUT2D eigenvalue weighted by Crippen LogP contribution is -2.51. The highest BCUT2D eigenvalue weighted by atomic mass is 32.2. The molecule has 0 spiro atoms. The van der Waals surface area contributed by atoms with E-state index in [2.05, 4.69) is 0 Å². The largest absolute Gasteiger partial charge is 0.481 e. The lowest BCUT2D eigenvalue weighted by atomic mass is 9.87. The van der Waals surface area contributed by atoms with Gasteiger partial charge in [0, 0.05) is 24.7 Å². The van der Waals surface area contributed by atoms with Crippen molar-refractivity contribution in [2.24, 2.45) is 17.0 Å². The Morgan fingerprint density at radius 2 is 1.89 bits per heavy atom. The molecule has 1 atom stereocenters. The van der Waals surface area contributed by atoms with Crippen LogP contribution < -0.4 is 10.0 Å². The molecule has 6 nitrogen and oxygen atoms in total. The molecule has 3 N–H and O–H groups in total. The van der Waals surface area contributed by atoms with E-state index in [-0.39, 0.29) is 16.7 Å². The summed E-state index contributed by atoms with van der Waals surface area (Å²) in [5, 5.41) is 13.9. The highest BCUT2D eigenvalue weighted by molar-refractivity contribution is 7.89. The SMILES string of the molecule is CC(C(=O)O)C1CN(c2ccc(S(N)(=O)=O)cc2)C1. The lowest BCUT2D eigenvalue weighted by Gasteiger charge is -2.43. The van der Waals surface area contributed by atoms with Crippen LogP contribution in [0.2, 0.25) is 0 Å². The number of sulfonamides is 1. The van der Waals surface area contributed by atoms with E-state index in [0.29, 0.717) is 13.1 Å². The summed E-state index contributed by atoms with van der Waals surface area (Å²) in [6.45, 7) is 3.04. The molecule has 19 heavy (non-hydrogen) atoms. The second kappa shape index (κ2) is 4.82. The zero-order valence-electron chi connectivity index (χ0n) is 10.5. The van der Waals surface area contributed by atoms with Gasteiger partial charge in [0.25, 0.3) is 0 Å². The topological polar surface area (TPSA) is 101 Å². The van der Waals surface area contributed by atoms with Gasteiger partial charge in [0.1, 0.15) is 0 Å². The number of nitrogens with two attached hydrogens (primary N) is 1. The van der Waals surface area contributed by atoms with Crippen molar-refractivity contribution in [2.75, 3.05) is 18.0 Å². The van der Waals surface area contributed by atoms with Crippen LogP contribution in [0.4, 0.5) is 5.69 Å². The van der Waals surface area contributed by atoms with Crippen LogP contribution >= 0.6 is 0 Å². The molecule has 104 valence electrons. The van der Waals surface area contributed by atoms with Gasteiger partial charge >= 0.3 is 5.97 Å². The molecule has 1 aromatic carbocycles. The lowest BCUT2D eigenvalue weighted by molar-refractivity contribution is -0.143. The number of anilines is 1. The predicted molar refractivity (Wildman–Crippen MR) is 70.3 cm³/mol. The van der Waals surface area contributed by atoms with Crippen LogP contribution in [0.15, 0.2) is 29.2 Å². The molecule has 0 bridgehead atoms. The quantitative estimate of drug-likeness (QED) is 0.838. The van der Waals surface area contributed by atoms with Gasteiger partial charge in [-0.05, 0) is 24.3 Å². The average molecular weight is 284 g/mol. The fourth-order valence-corrected chi connectivity index (χ4v) is 2.60. The second-order valence-electron chi connectivity index (χ2n) is 4.83. The van der Waals surface area contributed by atoms with Crippen molar-refractivity contribution in [2.45, 2.75) is 11.8 Å². The summed E-state index contributed by atoms with van der Waals surface area (Å²) in [6, 6.07) is 6.28. The zero-order chi connectivity index (χ0) is 14.2. The summed E-state index contributed by atoms with van der Waals surface area (Å²) in [5.41, 5.74) is 0.876. The van der Waals surface area contributed by atoms with Crippen molar-refractivity contribution in [3.63, 3.8) is 0 Å². The number of carboxylic acids is 1. The van der Waals surface area contributed by atoms with E-state index in [1.807, 2.05) is 4.90 Å². The number of primary sulfonamides is 1. The summed E-state index contributed by atoms with van der Waals surface area (Å²) in [7, 11) is -3.67. The predicted octanol–water partition coefficient (Wildman–Crippen LogP) is 0.491. The van der Waals surface area contributed by atoms with Crippen molar-refractivity contribution in [3.05, 3.63) is 24.3 Å². The first kappa shape index (κ1) is 13.8. The van der Waals surface area contributed by atoms with E-state index in [1.165, 1.54) is 12.1 Å². The number of hydrogen-bond donors (Lipinski definition) is 2. The first-order valence-corrected chi connectivity index (χ1v) is 7.44. The fourth-order valence-electron chi connectivity index (χ4n) is 2.09. The third-order valence-corrected chi connectivity index (χ3v) is 4.47. The van der Waals surface area contributed by atoms with Crippen LogP contribution in [0, 0.1) is 11.8 Å². The summed E-state index contributed by atoms with van der Waals surface area (Å²) in [4.78, 5) is 12.9. The highest BCUT2D eigenvalue weighted by Gasteiger charge is 2.34. The normalized spacial score (nSPS) is 17.9. The maximum atomic E-state index is 11.1. The molecule has 0 aliphatic carbocycles. The monoisotopic (exact) mass is 284 g/mol. The zero-order valence-corrected chi connectivity index (χ0v) is 11.3. The molecule has 1 heterocycles. The Bertz CT molecular complexity index is 576. The summed E-state index contributed by atoms with van der Waals surface area (Å²) in [6.07, 6.45) is 0. The third kappa shape index (κ3) is 2.87. The summed E-state index contributed by atoms with van der Waals surface area (Å²) < 4.78 is 22.2. The maximum absolute atomic E-state index is 11.1. The van der Waals surface area contributed by atoms with Gasteiger partial charge in [-0.2, -0.15) is 0 Å². The van der Waals surface area contributed by atoms with Gasteiger partial charge in [0.15, 0.2) is 0 Å². The third-order valence-electron chi connectivity index (χ3n) is 3.54. The van der Waals surface area contributed by atoms with Crippen molar-refractivity contribution in [3.8, 4) is 0 Å². The van der Waals surface area contributed by atoms with Gasteiger partial charge in [-0.1, -0.05) is 6.92 Å². The van der Waals surface area contributed by atoms with Gasteiger partial charge in [-0.3, -0.25) is 4.79 Å². The highest BCUT2D eigenvalue weighted by Crippen LogP contribution is 2.29. The van der Waals surface area contributed by atoms with E-state index < -0.39 is 16.0 Å². The fraction of sp³-hybridized carbons (Fsp3) is 0.417. The molecule has 2 rings (SSSR count). The van der Waals surface area contributed by atoms with Crippen LogP contribution in [-0.4, -0.2) is 32.6 Å². The molecule has 1 aliphatic heterocycles. The smallest absolute Gasteiger partial charge is 0.306 e. The number of aliphatic carboxylic acids is 1. The van der Waals surface area contributed by atoms with E-state index in [9.17, 15) is 13.2 Å². The summed E-state index contributed by atoms with van der Waals surface area (Å²) in [5.74, 6) is -1.01. The molecular weight excluding hydrogens is 268 g/mol. The molecule has 1 aliphatic rings. The van der Waals surface area contributed by atoms with Crippen LogP contribution in [0.25, 0.3) is 0 Å². The number of benzene rings is 1. The molecule has 1 aromatic rings. The van der Waals surface area contributed by atoms with Crippen LogP contribution in [0.5, 0.6) is 0 Å². The molecule has 0 saturated carbocycles. The molecule has 1 fully saturated rings. The summed E-state index contributed by atoms with van der Waals surface area (Å²) >= 11 is 0. The van der Waals surface area contributed by atoms with Gasteiger partial charge < -0.3 is 10.0 Å². The Labute approximate surface area is 111 Å². The number of nitrogens with zero attached hydrogens (tertiary/aromatic N) is 1. The Kier molecular flexibility index (Phi) is 3.51. The molecule has 0 amide bonds. The van der Waals surface area contributed by atoms with Gasteiger partial charge in [-0.25, -0.2) is 13.6 Å². The Morgan fingerprint density at radius 3 is 2.32 bits per heavy atom.